The number of carbonyl (C=O) groups excluding carboxylic acids is 1. The number of halogens is 2. The molecule has 0 fully saturated rings. The first kappa shape index (κ1) is 12.2. The Morgan fingerprint density at radius 1 is 1.42 bits per heavy atom. The zero-order valence-electron chi connectivity index (χ0n) is 9.82. The molecule has 1 aliphatic carbocycles. The number of hydrogen-bond acceptors (Lipinski definition) is 3. The Hall–Kier alpha value is -1.82. The molecule has 1 aromatic carbocycles. The van der Waals surface area contributed by atoms with E-state index in [0.29, 0.717) is 33.9 Å². The van der Waals surface area contributed by atoms with Gasteiger partial charge in [0.15, 0.2) is 0 Å². The molecule has 98 valence electrons. The zero-order chi connectivity index (χ0) is 13.6. The van der Waals surface area contributed by atoms with Crippen LogP contribution in [0.25, 0.3) is 0 Å². The molecular weight excluding hydrogens is 270 g/mol. The summed E-state index contributed by atoms with van der Waals surface area (Å²) in [5.41, 5.74) is 6.35. The fourth-order valence-electron chi connectivity index (χ4n) is 2.46. The summed E-state index contributed by atoms with van der Waals surface area (Å²) in [5, 5.41) is 0.678. The molecule has 0 saturated carbocycles. The first-order valence-corrected chi connectivity index (χ1v) is 6.61. The average molecular weight is 280 g/mol. The lowest BCUT2D eigenvalue weighted by atomic mass is 10.0. The molecule has 0 aliphatic heterocycles. The van der Waals surface area contributed by atoms with Crippen molar-refractivity contribution in [3.05, 3.63) is 51.0 Å². The van der Waals surface area contributed by atoms with E-state index in [1.165, 1.54) is 23.6 Å². The van der Waals surface area contributed by atoms with E-state index < -0.39 is 17.5 Å². The van der Waals surface area contributed by atoms with E-state index in [9.17, 15) is 13.6 Å². The second-order valence-corrected chi connectivity index (χ2v) is 5.54. The average Bonchev–Trinajstić information content (AvgIpc) is 2.93. The van der Waals surface area contributed by atoms with Gasteiger partial charge in [-0.05, 0) is 30.0 Å². The lowest BCUT2D eigenvalue weighted by Crippen LogP contribution is -2.08. The molecular formula is C13H10F2N2OS. The number of nitrogens with two attached hydrogens (primary N) is 1. The van der Waals surface area contributed by atoms with Crippen molar-refractivity contribution in [2.24, 2.45) is 5.73 Å². The SMILES string of the molecule is NC(=O)c1cnc([C@@H]2CCc3c(F)cc(F)cc32)s1. The third-order valence-electron chi connectivity index (χ3n) is 3.32. The van der Waals surface area contributed by atoms with Gasteiger partial charge in [0, 0.05) is 12.0 Å². The molecule has 6 heteroatoms. The molecule has 2 N–H and O–H groups in total. The number of carbonyl (C=O) groups is 1. The number of aromatic nitrogens is 1. The van der Waals surface area contributed by atoms with Gasteiger partial charge in [0.1, 0.15) is 21.5 Å². The Kier molecular flexibility index (Phi) is 2.82. The highest BCUT2D eigenvalue weighted by molar-refractivity contribution is 7.13. The third-order valence-corrected chi connectivity index (χ3v) is 4.44. The number of rotatable bonds is 2. The molecule has 1 atom stereocenters. The maximum absolute atomic E-state index is 13.6. The molecule has 19 heavy (non-hydrogen) atoms. The third kappa shape index (κ3) is 2.02. The summed E-state index contributed by atoms with van der Waals surface area (Å²) >= 11 is 1.18. The molecule has 1 heterocycles. The summed E-state index contributed by atoms with van der Waals surface area (Å²) in [6.45, 7) is 0. The van der Waals surface area contributed by atoms with E-state index in [1.807, 2.05) is 0 Å². The van der Waals surface area contributed by atoms with Crippen LogP contribution in [0.1, 0.15) is 38.1 Å². The second kappa shape index (κ2) is 4.38. The van der Waals surface area contributed by atoms with Crippen LogP contribution < -0.4 is 5.73 Å². The van der Waals surface area contributed by atoms with Gasteiger partial charge in [0.05, 0.1) is 6.20 Å². The monoisotopic (exact) mass is 280 g/mol. The first-order chi connectivity index (χ1) is 9.06. The van der Waals surface area contributed by atoms with Crippen LogP contribution in [-0.4, -0.2) is 10.9 Å². The van der Waals surface area contributed by atoms with Crippen LogP contribution in [-0.2, 0) is 6.42 Å². The fourth-order valence-corrected chi connectivity index (χ4v) is 3.39. The first-order valence-electron chi connectivity index (χ1n) is 5.79. The summed E-state index contributed by atoms with van der Waals surface area (Å²) in [6.07, 6.45) is 2.63. The molecule has 3 rings (SSSR count). The number of thiazole rings is 1. The van der Waals surface area contributed by atoms with E-state index >= 15 is 0 Å². The van der Waals surface area contributed by atoms with E-state index in [-0.39, 0.29) is 5.92 Å². The number of fused-ring (bicyclic) bond motifs is 1. The lowest BCUT2D eigenvalue weighted by Gasteiger charge is -2.08. The topological polar surface area (TPSA) is 56.0 Å². The highest BCUT2D eigenvalue weighted by Gasteiger charge is 2.29. The zero-order valence-corrected chi connectivity index (χ0v) is 10.6. The predicted octanol–water partition coefficient (Wildman–Crippen LogP) is 2.60. The highest BCUT2D eigenvalue weighted by atomic mass is 32.1. The van der Waals surface area contributed by atoms with Crippen molar-refractivity contribution >= 4 is 17.2 Å². The van der Waals surface area contributed by atoms with Gasteiger partial charge in [-0.25, -0.2) is 13.8 Å². The standard InChI is InChI=1S/C13H10F2N2OS/c14-6-3-9-7(10(15)4-6)1-2-8(9)13-17-5-11(19-13)12(16)18/h3-5,8H,1-2H2,(H2,16,18)/t8-/m1/s1. The fraction of sp³-hybridized carbons (Fsp3) is 0.231. The molecule has 3 nitrogen and oxygen atoms in total. The Morgan fingerprint density at radius 3 is 2.89 bits per heavy atom. The summed E-state index contributed by atoms with van der Waals surface area (Å²) < 4.78 is 27.0. The Bertz CT molecular complexity index is 669. The van der Waals surface area contributed by atoms with Crippen LogP contribution in [0.4, 0.5) is 8.78 Å². The van der Waals surface area contributed by atoms with E-state index in [2.05, 4.69) is 4.98 Å². The van der Waals surface area contributed by atoms with Gasteiger partial charge in [-0.1, -0.05) is 0 Å². The summed E-state index contributed by atoms with van der Waals surface area (Å²) in [6, 6.07) is 2.25. The van der Waals surface area contributed by atoms with E-state index in [1.54, 1.807) is 0 Å². The molecule has 0 spiro atoms. The minimum Gasteiger partial charge on any atom is -0.365 e. The smallest absolute Gasteiger partial charge is 0.260 e. The van der Waals surface area contributed by atoms with Gasteiger partial charge in [0.25, 0.3) is 5.91 Å². The predicted molar refractivity (Wildman–Crippen MR) is 67.2 cm³/mol. The maximum atomic E-state index is 13.6. The minimum atomic E-state index is -0.588. The van der Waals surface area contributed by atoms with Gasteiger partial charge in [-0.3, -0.25) is 4.79 Å². The molecule has 0 bridgehead atoms. The minimum absolute atomic E-state index is 0.154. The van der Waals surface area contributed by atoms with Crippen LogP contribution in [0.2, 0.25) is 0 Å². The second-order valence-electron chi connectivity index (χ2n) is 4.47. The normalized spacial score (nSPS) is 17.5. The van der Waals surface area contributed by atoms with Gasteiger partial charge < -0.3 is 5.73 Å². The van der Waals surface area contributed by atoms with Gasteiger partial charge in [-0.15, -0.1) is 11.3 Å². The number of hydrogen-bond donors (Lipinski definition) is 1. The Morgan fingerprint density at radius 2 is 2.21 bits per heavy atom. The van der Waals surface area contributed by atoms with Crippen LogP contribution >= 0.6 is 11.3 Å². The maximum Gasteiger partial charge on any atom is 0.260 e. The Balaban J connectivity index is 2.04. The van der Waals surface area contributed by atoms with E-state index in [4.69, 9.17) is 5.73 Å². The van der Waals surface area contributed by atoms with Crippen molar-refractivity contribution in [2.45, 2.75) is 18.8 Å². The summed E-state index contributed by atoms with van der Waals surface area (Å²) in [7, 11) is 0. The lowest BCUT2D eigenvalue weighted by molar-refractivity contribution is 0.100. The summed E-state index contributed by atoms with van der Waals surface area (Å²) in [4.78, 5) is 15.6. The van der Waals surface area contributed by atoms with Crippen molar-refractivity contribution in [1.29, 1.82) is 0 Å². The number of nitrogens with zero attached hydrogens (tertiary/aromatic N) is 1. The van der Waals surface area contributed by atoms with Crippen LogP contribution in [0.3, 0.4) is 0 Å². The molecule has 0 unspecified atom stereocenters. The van der Waals surface area contributed by atoms with Crippen LogP contribution in [0.15, 0.2) is 18.3 Å². The van der Waals surface area contributed by atoms with Gasteiger partial charge in [0.2, 0.25) is 0 Å². The number of primary amides is 1. The molecule has 1 aromatic heterocycles. The summed E-state index contributed by atoms with van der Waals surface area (Å²) in [5.74, 6) is -1.79. The molecule has 0 radical (unpaired) electrons. The Labute approximate surface area is 112 Å². The van der Waals surface area contributed by atoms with Crippen LogP contribution in [0, 0.1) is 11.6 Å². The van der Waals surface area contributed by atoms with Gasteiger partial charge in [-0.2, -0.15) is 0 Å². The van der Waals surface area contributed by atoms with Crippen molar-refractivity contribution < 1.29 is 13.6 Å². The van der Waals surface area contributed by atoms with Gasteiger partial charge >= 0.3 is 0 Å². The molecule has 0 saturated heterocycles. The number of amides is 1. The number of benzene rings is 1. The molecule has 1 aliphatic rings. The molecule has 1 amide bonds. The van der Waals surface area contributed by atoms with Crippen molar-refractivity contribution in [3.8, 4) is 0 Å². The van der Waals surface area contributed by atoms with Crippen molar-refractivity contribution in [1.82, 2.24) is 4.98 Å². The van der Waals surface area contributed by atoms with Crippen LogP contribution in [0.5, 0.6) is 0 Å². The van der Waals surface area contributed by atoms with Crippen molar-refractivity contribution in [3.63, 3.8) is 0 Å². The molecule has 2 aromatic rings. The van der Waals surface area contributed by atoms with Crippen molar-refractivity contribution in [2.75, 3.05) is 0 Å². The quantitative estimate of drug-likeness (QED) is 0.919. The highest BCUT2D eigenvalue weighted by Crippen LogP contribution is 2.40. The van der Waals surface area contributed by atoms with E-state index in [0.717, 1.165) is 6.07 Å². The largest absolute Gasteiger partial charge is 0.365 e.